The van der Waals surface area contributed by atoms with Crippen molar-refractivity contribution in [3.8, 4) is 10.6 Å². The lowest BCUT2D eigenvalue weighted by Gasteiger charge is -2.28. The summed E-state index contributed by atoms with van der Waals surface area (Å²) in [6, 6.07) is 6.47. The highest BCUT2D eigenvalue weighted by atomic mass is 32.2. The Morgan fingerprint density at radius 2 is 2.00 bits per heavy atom. The summed E-state index contributed by atoms with van der Waals surface area (Å²) in [7, 11) is 1.95. The number of nitrogens with one attached hydrogen (secondary N) is 2. The molecule has 2 unspecified atom stereocenters. The number of benzene rings is 1. The zero-order chi connectivity index (χ0) is 19.1. The van der Waals surface area contributed by atoms with Crippen molar-refractivity contribution < 1.29 is 4.79 Å². The monoisotopic (exact) mass is 415 g/mol. The van der Waals surface area contributed by atoms with E-state index in [2.05, 4.69) is 37.5 Å². The minimum absolute atomic E-state index is 0.117. The third-order valence-corrected chi connectivity index (χ3v) is 7.83. The molecule has 4 heterocycles. The lowest BCUT2D eigenvalue weighted by atomic mass is 10.0. The van der Waals surface area contributed by atoms with Gasteiger partial charge < -0.3 is 19.2 Å². The molecule has 1 aromatic heterocycles. The quantitative estimate of drug-likeness (QED) is 0.730. The number of amides is 1. The molecule has 2 atom stereocenters. The SMILES string of the molecule is CN1C(=O)C(CN2CCCCC2)CC1c1cnc(-c2ccc3c(c2)NSN3)s1. The largest absolute Gasteiger partial charge is 0.338 e. The minimum Gasteiger partial charge on any atom is -0.338 e. The Labute approximate surface area is 174 Å². The van der Waals surface area contributed by atoms with Gasteiger partial charge in [0, 0.05) is 30.2 Å². The molecule has 0 spiro atoms. The number of hydrogen-bond donors (Lipinski definition) is 2. The maximum atomic E-state index is 12.8. The number of fused-ring (bicyclic) bond motifs is 1. The summed E-state index contributed by atoms with van der Waals surface area (Å²) in [6.45, 7) is 3.19. The van der Waals surface area contributed by atoms with Gasteiger partial charge in [-0.2, -0.15) is 0 Å². The van der Waals surface area contributed by atoms with Gasteiger partial charge in [-0.05, 0) is 50.6 Å². The Bertz CT molecular complexity index is 879. The zero-order valence-corrected chi connectivity index (χ0v) is 17.6. The molecule has 5 rings (SSSR count). The predicted octanol–water partition coefficient (Wildman–Crippen LogP) is 4.22. The molecule has 2 saturated heterocycles. The summed E-state index contributed by atoms with van der Waals surface area (Å²) in [4.78, 5) is 23.1. The summed E-state index contributed by atoms with van der Waals surface area (Å²) in [5.41, 5.74) is 3.31. The van der Waals surface area contributed by atoms with Crippen LogP contribution in [0.1, 0.15) is 36.6 Å². The highest BCUT2D eigenvalue weighted by Gasteiger charge is 2.39. The smallest absolute Gasteiger partial charge is 0.227 e. The second-order valence-corrected chi connectivity index (χ2v) is 9.57. The van der Waals surface area contributed by atoms with E-state index in [1.165, 1.54) is 36.3 Å². The molecule has 148 valence electrons. The number of rotatable bonds is 4. The maximum absolute atomic E-state index is 12.8. The number of piperidine rings is 1. The third kappa shape index (κ3) is 3.38. The second kappa shape index (κ2) is 7.57. The summed E-state index contributed by atoms with van der Waals surface area (Å²) < 4.78 is 6.47. The van der Waals surface area contributed by atoms with Gasteiger partial charge in [0.25, 0.3) is 0 Å². The van der Waals surface area contributed by atoms with Crippen LogP contribution in [0, 0.1) is 5.92 Å². The Balaban J connectivity index is 1.31. The van der Waals surface area contributed by atoms with Crippen LogP contribution < -0.4 is 9.44 Å². The third-order valence-electron chi connectivity index (χ3n) is 6.04. The number of anilines is 2. The average Bonchev–Trinajstić information content (AvgIpc) is 3.44. The Hall–Kier alpha value is -1.77. The van der Waals surface area contributed by atoms with Crippen molar-refractivity contribution in [2.45, 2.75) is 31.7 Å². The number of aromatic nitrogens is 1. The standard InChI is InChI=1S/C20H25N5OS2/c1-24-17(10-14(20(24)26)12-25-7-3-2-4-8-25)18-11-21-19(27-18)13-5-6-15-16(9-13)23-28-22-15/h5-6,9,11,14,17,22-23H,2-4,7-8,10,12H2,1H3. The van der Waals surface area contributed by atoms with Gasteiger partial charge in [-0.1, -0.05) is 6.42 Å². The van der Waals surface area contributed by atoms with Crippen LogP contribution in [-0.4, -0.2) is 47.4 Å². The molecule has 0 bridgehead atoms. The molecule has 1 aromatic carbocycles. The van der Waals surface area contributed by atoms with Crippen LogP contribution in [0.5, 0.6) is 0 Å². The molecule has 2 fully saturated rings. The van der Waals surface area contributed by atoms with Gasteiger partial charge in [-0.3, -0.25) is 4.79 Å². The van der Waals surface area contributed by atoms with E-state index in [0.717, 1.165) is 48.0 Å². The van der Waals surface area contributed by atoms with Crippen LogP contribution in [-0.2, 0) is 4.79 Å². The van der Waals surface area contributed by atoms with E-state index in [9.17, 15) is 4.79 Å². The van der Waals surface area contributed by atoms with Crippen molar-refractivity contribution in [1.82, 2.24) is 14.8 Å². The van der Waals surface area contributed by atoms with Crippen molar-refractivity contribution in [3.05, 3.63) is 29.3 Å². The van der Waals surface area contributed by atoms with Crippen molar-refractivity contribution in [3.63, 3.8) is 0 Å². The first-order chi connectivity index (χ1) is 13.7. The lowest BCUT2D eigenvalue weighted by Crippen LogP contribution is -2.36. The fourth-order valence-electron chi connectivity index (χ4n) is 4.44. The fourth-order valence-corrected chi connectivity index (χ4v) is 6.13. The number of nitrogens with zero attached hydrogens (tertiary/aromatic N) is 3. The fraction of sp³-hybridized carbons (Fsp3) is 0.500. The van der Waals surface area contributed by atoms with E-state index in [1.807, 2.05) is 18.1 Å². The Morgan fingerprint density at radius 3 is 2.86 bits per heavy atom. The molecule has 0 aliphatic carbocycles. The van der Waals surface area contributed by atoms with E-state index in [0.29, 0.717) is 0 Å². The van der Waals surface area contributed by atoms with Crippen LogP contribution in [0.25, 0.3) is 10.6 Å². The maximum Gasteiger partial charge on any atom is 0.227 e. The van der Waals surface area contributed by atoms with E-state index in [-0.39, 0.29) is 17.9 Å². The molecule has 0 radical (unpaired) electrons. The number of hydrogen-bond acceptors (Lipinski definition) is 7. The van der Waals surface area contributed by atoms with E-state index >= 15 is 0 Å². The van der Waals surface area contributed by atoms with E-state index in [4.69, 9.17) is 0 Å². The van der Waals surface area contributed by atoms with Crippen molar-refractivity contribution in [2.75, 3.05) is 36.1 Å². The van der Waals surface area contributed by atoms with Gasteiger partial charge in [0.15, 0.2) is 0 Å². The second-order valence-electron chi connectivity index (χ2n) is 7.89. The van der Waals surface area contributed by atoms with Gasteiger partial charge in [0.2, 0.25) is 5.91 Å². The van der Waals surface area contributed by atoms with Crippen molar-refractivity contribution in [1.29, 1.82) is 0 Å². The predicted molar refractivity (Wildman–Crippen MR) is 116 cm³/mol. The summed E-state index contributed by atoms with van der Waals surface area (Å²) in [6.07, 6.45) is 6.73. The van der Waals surface area contributed by atoms with Gasteiger partial charge >= 0.3 is 0 Å². The highest BCUT2D eigenvalue weighted by Crippen LogP contribution is 2.41. The first-order valence-corrected chi connectivity index (χ1v) is 11.6. The van der Waals surface area contributed by atoms with Crippen molar-refractivity contribution >= 4 is 40.8 Å². The Morgan fingerprint density at radius 1 is 1.18 bits per heavy atom. The van der Waals surface area contributed by atoms with Crippen LogP contribution in [0.3, 0.4) is 0 Å². The number of carbonyl (C=O) groups is 1. The molecule has 3 aliphatic rings. The number of likely N-dealkylation sites (tertiary alicyclic amines) is 2. The van der Waals surface area contributed by atoms with Crippen LogP contribution in [0.15, 0.2) is 24.4 Å². The normalized spacial score (nSPS) is 24.9. The van der Waals surface area contributed by atoms with Crippen LogP contribution in [0.4, 0.5) is 11.4 Å². The average molecular weight is 416 g/mol. The molecule has 0 saturated carbocycles. The lowest BCUT2D eigenvalue weighted by molar-refractivity contribution is -0.131. The molecular weight excluding hydrogens is 390 g/mol. The molecule has 1 amide bonds. The summed E-state index contributed by atoms with van der Waals surface area (Å²) in [5, 5.41) is 1.01. The van der Waals surface area contributed by atoms with Crippen molar-refractivity contribution in [2.24, 2.45) is 5.92 Å². The molecule has 3 aliphatic heterocycles. The zero-order valence-electron chi connectivity index (χ0n) is 16.0. The highest BCUT2D eigenvalue weighted by molar-refractivity contribution is 8.02. The number of carbonyl (C=O) groups excluding carboxylic acids is 1. The van der Waals surface area contributed by atoms with Gasteiger partial charge in [-0.15, -0.1) is 11.3 Å². The molecule has 2 N–H and O–H groups in total. The number of thiazole rings is 1. The Kier molecular flexibility index (Phi) is 4.94. The molecule has 8 heteroatoms. The topological polar surface area (TPSA) is 60.5 Å². The van der Waals surface area contributed by atoms with Gasteiger partial charge in [0.1, 0.15) is 5.01 Å². The molecule has 2 aromatic rings. The summed E-state index contributed by atoms with van der Waals surface area (Å²) in [5.74, 6) is 0.404. The van der Waals surface area contributed by atoms with Gasteiger partial charge in [0.05, 0.1) is 35.5 Å². The van der Waals surface area contributed by atoms with E-state index in [1.54, 1.807) is 11.3 Å². The molecular formula is C20H25N5OS2. The first-order valence-electron chi connectivity index (χ1n) is 9.96. The minimum atomic E-state index is 0.117. The van der Waals surface area contributed by atoms with Gasteiger partial charge in [-0.25, -0.2) is 4.98 Å². The summed E-state index contributed by atoms with van der Waals surface area (Å²) >= 11 is 3.19. The van der Waals surface area contributed by atoms with Crippen LogP contribution >= 0.6 is 23.5 Å². The first kappa shape index (κ1) is 18.3. The molecule has 6 nitrogen and oxygen atoms in total. The van der Waals surface area contributed by atoms with E-state index < -0.39 is 0 Å². The molecule has 28 heavy (non-hydrogen) atoms. The van der Waals surface area contributed by atoms with Crippen LogP contribution in [0.2, 0.25) is 0 Å².